The van der Waals surface area contributed by atoms with Gasteiger partial charge in [0.1, 0.15) is 17.4 Å². The first-order chi connectivity index (χ1) is 9.58. The first-order valence-electron chi connectivity index (χ1n) is 5.87. The number of methoxy groups -OCH3 is 1. The topological polar surface area (TPSA) is 103 Å². The van der Waals surface area contributed by atoms with Crippen molar-refractivity contribution in [2.45, 2.75) is 6.54 Å². The highest BCUT2D eigenvalue weighted by Gasteiger charge is 2.09. The number of hydrogen-bond donors (Lipinski definition) is 2. The molecule has 0 atom stereocenters. The van der Waals surface area contributed by atoms with Crippen molar-refractivity contribution in [2.24, 2.45) is 0 Å². The molecule has 7 heteroatoms. The fourth-order valence-electron chi connectivity index (χ4n) is 1.71. The minimum Gasteiger partial charge on any atom is -0.497 e. The van der Waals surface area contributed by atoms with E-state index in [1.54, 1.807) is 7.11 Å². The van der Waals surface area contributed by atoms with Gasteiger partial charge in [0.25, 0.3) is 5.69 Å². The van der Waals surface area contributed by atoms with Crippen LogP contribution in [0.1, 0.15) is 5.56 Å². The Morgan fingerprint density at radius 1 is 1.40 bits per heavy atom. The number of nitrogen functional groups attached to an aromatic ring is 1. The molecule has 0 aliphatic rings. The van der Waals surface area contributed by atoms with E-state index in [1.165, 1.54) is 12.1 Å². The molecule has 0 aliphatic carbocycles. The molecule has 1 aromatic carbocycles. The molecule has 0 spiro atoms. The molecule has 7 nitrogen and oxygen atoms in total. The third-order valence-corrected chi connectivity index (χ3v) is 2.65. The van der Waals surface area contributed by atoms with Crippen LogP contribution in [0.15, 0.2) is 36.4 Å². The molecule has 0 radical (unpaired) electrons. The van der Waals surface area contributed by atoms with Gasteiger partial charge in [0, 0.05) is 6.54 Å². The summed E-state index contributed by atoms with van der Waals surface area (Å²) >= 11 is 0. The molecular weight excluding hydrogens is 260 g/mol. The maximum atomic E-state index is 10.7. The molecule has 0 fully saturated rings. The van der Waals surface area contributed by atoms with Gasteiger partial charge in [-0.25, -0.2) is 4.98 Å². The summed E-state index contributed by atoms with van der Waals surface area (Å²) in [4.78, 5) is 14.2. The lowest BCUT2D eigenvalue weighted by atomic mass is 10.2. The molecule has 0 bridgehead atoms. The lowest BCUT2D eigenvalue weighted by Crippen LogP contribution is -2.04. The number of anilines is 2. The molecule has 0 saturated heterocycles. The quantitative estimate of drug-likeness (QED) is 0.640. The Balaban J connectivity index is 2.12. The van der Waals surface area contributed by atoms with Gasteiger partial charge in [-0.15, -0.1) is 0 Å². The lowest BCUT2D eigenvalue weighted by molar-refractivity contribution is -0.384. The van der Waals surface area contributed by atoms with Crippen LogP contribution in [-0.4, -0.2) is 17.0 Å². The Morgan fingerprint density at radius 3 is 2.90 bits per heavy atom. The second-order valence-corrected chi connectivity index (χ2v) is 4.10. The number of ether oxygens (including phenoxy) is 1. The van der Waals surface area contributed by atoms with E-state index in [4.69, 9.17) is 10.5 Å². The van der Waals surface area contributed by atoms with E-state index in [0.29, 0.717) is 12.4 Å². The summed E-state index contributed by atoms with van der Waals surface area (Å²) in [6.07, 6.45) is 0. The highest BCUT2D eigenvalue weighted by molar-refractivity contribution is 5.53. The Kier molecular flexibility index (Phi) is 3.99. The van der Waals surface area contributed by atoms with Crippen LogP contribution in [0.5, 0.6) is 5.75 Å². The van der Waals surface area contributed by atoms with Crippen molar-refractivity contribution in [1.29, 1.82) is 0 Å². The van der Waals surface area contributed by atoms with Crippen LogP contribution < -0.4 is 15.8 Å². The van der Waals surface area contributed by atoms with E-state index in [-0.39, 0.29) is 11.5 Å². The van der Waals surface area contributed by atoms with E-state index < -0.39 is 4.92 Å². The SMILES string of the molecule is COc1cccc(CNc2cc([N+](=O)[O-])cc(N)n2)c1. The molecule has 3 N–H and O–H groups in total. The van der Waals surface area contributed by atoms with Crippen molar-refractivity contribution in [3.05, 3.63) is 52.1 Å². The predicted octanol–water partition coefficient (Wildman–Crippen LogP) is 2.19. The van der Waals surface area contributed by atoms with E-state index in [9.17, 15) is 10.1 Å². The summed E-state index contributed by atoms with van der Waals surface area (Å²) in [6, 6.07) is 10.1. The number of nitrogens with two attached hydrogens (primary N) is 1. The number of rotatable bonds is 5. The van der Waals surface area contributed by atoms with Gasteiger partial charge in [-0.05, 0) is 17.7 Å². The van der Waals surface area contributed by atoms with Gasteiger partial charge in [-0.3, -0.25) is 10.1 Å². The molecular formula is C13H14N4O3. The lowest BCUT2D eigenvalue weighted by Gasteiger charge is -2.07. The Labute approximate surface area is 115 Å². The summed E-state index contributed by atoms with van der Waals surface area (Å²) in [6.45, 7) is 0.463. The van der Waals surface area contributed by atoms with Gasteiger partial charge in [-0.2, -0.15) is 0 Å². The molecule has 0 saturated carbocycles. The number of benzene rings is 1. The van der Waals surface area contributed by atoms with E-state index in [2.05, 4.69) is 10.3 Å². The number of hydrogen-bond acceptors (Lipinski definition) is 6. The zero-order chi connectivity index (χ0) is 14.5. The second kappa shape index (κ2) is 5.87. The van der Waals surface area contributed by atoms with E-state index in [0.717, 1.165) is 11.3 Å². The number of nitro groups is 1. The fraction of sp³-hybridized carbons (Fsp3) is 0.154. The monoisotopic (exact) mass is 274 g/mol. The summed E-state index contributed by atoms with van der Waals surface area (Å²) in [5.41, 5.74) is 6.41. The van der Waals surface area contributed by atoms with E-state index >= 15 is 0 Å². The third-order valence-electron chi connectivity index (χ3n) is 2.65. The van der Waals surface area contributed by atoms with Crippen LogP contribution in [0.4, 0.5) is 17.3 Å². The molecule has 0 aliphatic heterocycles. The Hall–Kier alpha value is -2.83. The Bertz CT molecular complexity index is 631. The minimum absolute atomic E-state index is 0.0920. The maximum absolute atomic E-state index is 10.7. The van der Waals surface area contributed by atoms with Crippen molar-refractivity contribution < 1.29 is 9.66 Å². The van der Waals surface area contributed by atoms with Gasteiger partial charge in [0.15, 0.2) is 0 Å². The van der Waals surface area contributed by atoms with Gasteiger partial charge in [0.05, 0.1) is 24.2 Å². The van der Waals surface area contributed by atoms with Crippen molar-refractivity contribution in [3.8, 4) is 5.75 Å². The van der Waals surface area contributed by atoms with Gasteiger partial charge < -0.3 is 15.8 Å². The van der Waals surface area contributed by atoms with Crippen LogP contribution in [0.25, 0.3) is 0 Å². The zero-order valence-electron chi connectivity index (χ0n) is 10.9. The largest absolute Gasteiger partial charge is 0.497 e. The first-order valence-corrected chi connectivity index (χ1v) is 5.87. The second-order valence-electron chi connectivity index (χ2n) is 4.10. The van der Waals surface area contributed by atoms with Crippen LogP contribution in [-0.2, 0) is 6.54 Å². The van der Waals surface area contributed by atoms with Crippen LogP contribution >= 0.6 is 0 Å². The molecule has 0 unspecified atom stereocenters. The van der Waals surface area contributed by atoms with Crippen LogP contribution in [0.3, 0.4) is 0 Å². The first kappa shape index (κ1) is 13.6. The highest BCUT2D eigenvalue weighted by atomic mass is 16.6. The Morgan fingerprint density at radius 2 is 2.20 bits per heavy atom. The maximum Gasteiger partial charge on any atom is 0.276 e. The van der Waals surface area contributed by atoms with Gasteiger partial charge in [-0.1, -0.05) is 12.1 Å². The zero-order valence-corrected chi connectivity index (χ0v) is 10.9. The number of nitrogens with one attached hydrogen (secondary N) is 1. The van der Waals surface area contributed by atoms with Crippen molar-refractivity contribution >= 4 is 17.3 Å². The van der Waals surface area contributed by atoms with Crippen molar-refractivity contribution in [3.63, 3.8) is 0 Å². The smallest absolute Gasteiger partial charge is 0.276 e. The summed E-state index contributed by atoms with van der Waals surface area (Å²) in [5.74, 6) is 1.21. The highest BCUT2D eigenvalue weighted by Crippen LogP contribution is 2.20. The average Bonchev–Trinajstić information content (AvgIpc) is 2.44. The van der Waals surface area contributed by atoms with Gasteiger partial charge in [0.2, 0.25) is 0 Å². The van der Waals surface area contributed by atoms with Crippen LogP contribution in [0, 0.1) is 10.1 Å². The number of pyridine rings is 1. The van der Waals surface area contributed by atoms with E-state index in [1.807, 2.05) is 24.3 Å². The molecule has 2 aromatic rings. The van der Waals surface area contributed by atoms with Crippen molar-refractivity contribution in [1.82, 2.24) is 4.98 Å². The molecule has 1 aromatic heterocycles. The molecule has 104 valence electrons. The standard InChI is InChI=1S/C13H14N4O3/c1-20-11-4-2-3-9(5-11)8-15-13-7-10(17(18)19)6-12(14)16-13/h2-7H,8H2,1H3,(H3,14,15,16). The number of nitrogens with zero attached hydrogens (tertiary/aromatic N) is 2. The summed E-state index contributed by atoms with van der Waals surface area (Å²) in [5, 5.41) is 13.7. The third kappa shape index (κ3) is 3.35. The minimum atomic E-state index is -0.505. The molecule has 20 heavy (non-hydrogen) atoms. The van der Waals surface area contributed by atoms with Gasteiger partial charge >= 0.3 is 0 Å². The average molecular weight is 274 g/mol. The molecule has 0 amide bonds. The predicted molar refractivity (Wildman–Crippen MR) is 75.6 cm³/mol. The molecule has 1 heterocycles. The fourth-order valence-corrected chi connectivity index (χ4v) is 1.71. The number of aromatic nitrogens is 1. The normalized spacial score (nSPS) is 10.1. The molecule has 2 rings (SSSR count). The van der Waals surface area contributed by atoms with Crippen LogP contribution in [0.2, 0.25) is 0 Å². The summed E-state index contributed by atoms with van der Waals surface area (Å²) < 4.78 is 5.12. The van der Waals surface area contributed by atoms with Crippen molar-refractivity contribution in [2.75, 3.05) is 18.2 Å². The summed E-state index contributed by atoms with van der Waals surface area (Å²) in [7, 11) is 1.59.